The monoisotopic (exact) mass is 141 g/mol. The molecule has 2 rings (SSSR count). The lowest BCUT2D eigenvalue weighted by atomic mass is 9.98. The molecule has 0 aromatic rings. The summed E-state index contributed by atoms with van der Waals surface area (Å²) in [6.07, 6.45) is 4.31. The van der Waals surface area contributed by atoms with E-state index in [0.29, 0.717) is 12.5 Å². The summed E-state index contributed by atoms with van der Waals surface area (Å²) in [5.41, 5.74) is -0.258. The molecule has 2 fully saturated rings. The summed E-state index contributed by atoms with van der Waals surface area (Å²) in [4.78, 5) is 10.1. The Labute approximate surface area is 59.7 Å². The molecule has 0 aromatic carbocycles. The maximum atomic E-state index is 10.1. The molecule has 3 heteroatoms. The molecule has 2 aliphatic rings. The van der Waals surface area contributed by atoms with Gasteiger partial charge in [-0.3, -0.25) is 10.1 Å². The van der Waals surface area contributed by atoms with Crippen molar-refractivity contribution in [1.29, 1.82) is 0 Å². The molecule has 0 amide bonds. The number of hydrogen-bond acceptors (Lipinski definition) is 3. The number of carbonyl (C=O) groups is 1. The van der Waals surface area contributed by atoms with Gasteiger partial charge >= 0.3 is 0 Å². The van der Waals surface area contributed by atoms with Crippen LogP contribution < -0.4 is 5.32 Å². The summed E-state index contributed by atoms with van der Waals surface area (Å²) >= 11 is 0. The molecule has 0 saturated carbocycles. The fourth-order valence-corrected chi connectivity index (χ4v) is 1.99. The Morgan fingerprint density at radius 1 is 1.50 bits per heavy atom. The van der Waals surface area contributed by atoms with E-state index in [4.69, 9.17) is 4.74 Å². The van der Waals surface area contributed by atoms with Crippen LogP contribution in [0, 0.1) is 0 Å². The van der Waals surface area contributed by atoms with Gasteiger partial charge in [-0.2, -0.15) is 0 Å². The summed E-state index contributed by atoms with van der Waals surface area (Å²) in [7, 11) is 0. The first kappa shape index (κ1) is 6.16. The highest BCUT2D eigenvalue weighted by molar-refractivity contribution is 5.38. The Balaban J connectivity index is 2.07. The number of fused-ring (bicyclic) bond motifs is 2. The lowest BCUT2D eigenvalue weighted by Gasteiger charge is -2.22. The third kappa shape index (κ3) is 0.736. The van der Waals surface area contributed by atoms with E-state index < -0.39 is 0 Å². The average Bonchev–Trinajstić information content (AvgIpc) is 2.46. The largest absolute Gasteiger partial charge is 0.446 e. The van der Waals surface area contributed by atoms with Gasteiger partial charge in [-0.05, 0) is 12.8 Å². The van der Waals surface area contributed by atoms with Crippen LogP contribution in [0.4, 0.5) is 0 Å². The molecule has 0 atom stereocenters. The van der Waals surface area contributed by atoms with Crippen LogP contribution in [0.15, 0.2) is 0 Å². The minimum atomic E-state index is -0.258. The van der Waals surface area contributed by atoms with Crippen LogP contribution in [0.2, 0.25) is 0 Å². The first-order valence-electron chi connectivity index (χ1n) is 3.74. The average molecular weight is 141 g/mol. The summed E-state index contributed by atoms with van der Waals surface area (Å²) in [5.74, 6) is 0. The second-order valence-electron chi connectivity index (χ2n) is 3.13. The summed E-state index contributed by atoms with van der Waals surface area (Å²) < 4.78 is 4.99. The molecule has 1 N–H and O–H groups in total. The second-order valence-corrected chi connectivity index (χ2v) is 3.13. The maximum absolute atomic E-state index is 10.1. The van der Waals surface area contributed by atoms with Gasteiger partial charge in [0.05, 0.1) is 0 Å². The number of ether oxygens (including phenoxy) is 1. The first-order valence-corrected chi connectivity index (χ1v) is 3.74. The molecule has 0 radical (unpaired) electrons. The predicted octanol–water partition coefficient (Wildman–Crippen LogP) is 0.402. The second kappa shape index (κ2) is 1.95. The fraction of sp³-hybridized carbons (Fsp3) is 0.857. The van der Waals surface area contributed by atoms with E-state index in [1.165, 1.54) is 0 Å². The molecule has 56 valence electrons. The van der Waals surface area contributed by atoms with Crippen molar-refractivity contribution in [2.75, 3.05) is 0 Å². The predicted molar refractivity (Wildman–Crippen MR) is 35.3 cm³/mol. The van der Waals surface area contributed by atoms with E-state index >= 15 is 0 Å². The van der Waals surface area contributed by atoms with Crippen molar-refractivity contribution in [3.63, 3.8) is 0 Å². The van der Waals surface area contributed by atoms with Crippen LogP contribution in [-0.4, -0.2) is 18.2 Å². The standard InChI is InChI=1S/C7H11NO2/c9-5-10-7-3-1-6(8-7)2-4-7/h5-6,8H,1-4H2. The van der Waals surface area contributed by atoms with Gasteiger partial charge in [-0.1, -0.05) is 0 Å². The number of carbonyl (C=O) groups excluding carboxylic acids is 1. The van der Waals surface area contributed by atoms with E-state index in [1.807, 2.05) is 0 Å². The van der Waals surface area contributed by atoms with Crippen LogP contribution in [0.5, 0.6) is 0 Å². The zero-order valence-electron chi connectivity index (χ0n) is 5.80. The van der Waals surface area contributed by atoms with Crippen LogP contribution in [0.3, 0.4) is 0 Å². The van der Waals surface area contributed by atoms with Crippen molar-refractivity contribution >= 4 is 6.47 Å². The zero-order valence-corrected chi connectivity index (χ0v) is 5.80. The van der Waals surface area contributed by atoms with Crippen LogP contribution in [0.25, 0.3) is 0 Å². The first-order chi connectivity index (χ1) is 4.85. The lowest BCUT2D eigenvalue weighted by Crippen LogP contribution is -2.38. The number of hydrogen-bond donors (Lipinski definition) is 1. The van der Waals surface area contributed by atoms with Gasteiger partial charge in [0.2, 0.25) is 0 Å². The van der Waals surface area contributed by atoms with Gasteiger partial charge in [-0.15, -0.1) is 0 Å². The fourth-order valence-electron chi connectivity index (χ4n) is 1.99. The number of nitrogens with one attached hydrogen (secondary N) is 1. The van der Waals surface area contributed by atoms with Crippen molar-refractivity contribution in [3.8, 4) is 0 Å². The normalized spacial score (nSPS) is 43.8. The molecule has 0 aliphatic carbocycles. The third-order valence-electron chi connectivity index (χ3n) is 2.53. The minimum absolute atomic E-state index is 0.258. The minimum Gasteiger partial charge on any atom is -0.446 e. The molecule has 0 spiro atoms. The Bertz CT molecular complexity index is 150. The van der Waals surface area contributed by atoms with Gasteiger partial charge < -0.3 is 4.74 Å². The summed E-state index contributed by atoms with van der Waals surface area (Å²) in [6.45, 7) is 0.556. The molecule has 2 heterocycles. The van der Waals surface area contributed by atoms with Crippen molar-refractivity contribution in [2.24, 2.45) is 0 Å². The van der Waals surface area contributed by atoms with E-state index in [-0.39, 0.29) is 5.72 Å². The molecule has 0 unspecified atom stereocenters. The molecule has 3 nitrogen and oxygen atoms in total. The smallest absolute Gasteiger partial charge is 0.294 e. The number of rotatable bonds is 2. The molecule has 2 saturated heterocycles. The quantitative estimate of drug-likeness (QED) is 0.566. The van der Waals surface area contributed by atoms with E-state index in [2.05, 4.69) is 5.32 Å². The molecule has 0 aromatic heterocycles. The molecular formula is C7H11NO2. The van der Waals surface area contributed by atoms with Crippen molar-refractivity contribution in [2.45, 2.75) is 37.5 Å². The van der Waals surface area contributed by atoms with E-state index in [0.717, 1.165) is 25.7 Å². The Hall–Kier alpha value is -0.570. The highest BCUT2D eigenvalue weighted by Gasteiger charge is 2.45. The highest BCUT2D eigenvalue weighted by Crippen LogP contribution is 2.37. The third-order valence-corrected chi connectivity index (χ3v) is 2.53. The van der Waals surface area contributed by atoms with Gasteiger partial charge in [-0.25, -0.2) is 0 Å². The Morgan fingerprint density at radius 2 is 2.20 bits per heavy atom. The Kier molecular flexibility index (Phi) is 1.20. The molecule has 10 heavy (non-hydrogen) atoms. The van der Waals surface area contributed by atoms with Crippen molar-refractivity contribution in [3.05, 3.63) is 0 Å². The van der Waals surface area contributed by atoms with Crippen molar-refractivity contribution in [1.82, 2.24) is 5.32 Å². The van der Waals surface area contributed by atoms with Gasteiger partial charge in [0.1, 0.15) is 0 Å². The topological polar surface area (TPSA) is 38.3 Å². The highest BCUT2D eigenvalue weighted by atomic mass is 16.6. The van der Waals surface area contributed by atoms with E-state index in [1.54, 1.807) is 0 Å². The molecular weight excluding hydrogens is 130 g/mol. The molecule has 2 bridgehead atoms. The van der Waals surface area contributed by atoms with Crippen LogP contribution in [-0.2, 0) is 9.53 Å². The van der Waals surface area contributed by atoms with Crippen molar-refractivity contribution < 1.29 is 9.53 Å². The molecule has 2 aliphatic heterocycles. The SMILES string of the molecule is O=COC12CCC(CC1)N2. The summed E-state index contributed by atoms with van der Waals surface area (Å²) in [6, 6.07) is 0.611. The Morgan fingerprint density at radius 3 is 2.60 bits per heavy atom. The zero-order chi connectivity index (χ0) is 7.03. The van der Waals surface area contributed by atoms with Gasteiger partial charge in [0, 0.05) is 18.9 Å². The van der Waals surface area contributed by atoms with Crippen LogP contribution in [0.1, 0.15) is 25.7 Å². The van der Waals surface area contributed by atoms with Gasteiger partial charge in [0.15, 0.2) is 5.72 Å². The van der Waals surface area contributed by atoms with E-state index in [9.17, 15) is 4.79 Å². The van der Waals surface area contributed by atoms with Crippen LogP contribution >= 0.6 is 0 Å². The summed E-state index contributed by atoms with van der Waals surface area (Å²) in [5, 5.41) is 3.29. The lowest BCUT2D eigenvalue weighted by molar-refractivity contribution is -0.144. The maximum Gasteiger partial charge on any atom is 0.294 e. The van der Waals surface area contributed by atoms with Gasteiger partial charge in [0.25, 0.3) is 6.47 Å².